The highest BCUT2D eigenvalue weighted by atomic mass is 19.3. The van der Waals surface area contributed by atoms with Crippen LogP contribution in [0.5, 0.6) is 0 Å². The van der Waals surface area contributed by atoms with E-state index < -0.39 is 6.43 Å². The molecule has 0 N–H and O–H groups in total. The first-order chi connectivity index (χ1) is 9.66. The molecule has 1 aliphatic rings. The van der Waals surface area contributed by atoms with E-state index in [0.29, 0.717) is 5.39 Å². The van der Waals surface area contributed by atoms with Crippen LogP contribution in [-0.4, -0.2) is 20.8 Å². The van der Waals surface area contributed by atoms with Gasteiger partial charge in [0, 0.05) is 36.8 Å². The second kappa shape index (κ2) is 5.34. The lowest BCUT2D eigenvalue weighted by atomic mass is 10.1. The number of alkyl halides is 2. The van der Waals surface area contributed by atoms with E-state index in [1.54, 1.807) is 6.20 Å². The smallest absolute Gasteiger partial charge is 0.276 e. The maximum absolute atomic E-state index is 12.3. The summed E-state index contributed by atoms with van der Waals surface area (Å²) in [6.45, 7) is 1.19. The van der Waals surface area contributed by atoms with Gasteiger partial charge in [0.15, 0.2) is 0 Å². The summed E-state index contributed by atoms with van der Waals surface area (Å²) in [5, 5.41) is 5.71. The van der Waals surface area contributed by atoms with E-state index in [4.69, 9.17) is 0 Å². The largest absolute Gasteiger partial charge is 0.350 e. The predicted molar refractivity (Wildman–Crippen MR) is 72.2 cm³/mol. The summed E-state index contributed by atoms with van der Waals surface area (Å²) in [6, 6.07) is 0. The van der Waals surface area contributed by atoms with Crippen molar-refractivity contribution >= 4 is 10.8 Å². The molecule has 0 saturated heterocycles. The number of hydrogen-bond acceptors (Lipinski definition) is 2. The van der Waals surface area contributed by atoms with Crippen LogP contribution in [0.4, 0.5) is 8.78 Å². The van der Waals surface area contributed by atoms with E-state index in [1.165, 1.54) is 10.4 Å². The van der Waals surface area contributed by atoms with Crippen LogP contribution >= 0.6 is 0 Å². The van der Waals surface area contributed by atoms with Crippen molar-refractivity contribution in [2.45, 2.75) is 51.6 Å². The van der Waals surface area contributed by atoms with Crippen molar-refractivity contribution in [3.63, 3.8) is 0 Å². The molecule has 0 bridgehead atoms. The Hall–Kier alpha value is -1.72. The van der Waals surface area contributed by atoms with Gasteiger partial charge in [-0.05, 0) is 25.7 Å². The number of hydrogen-bond donors (Lipinski definition) is 0. The lowest BCUT2D eigenvalue weighted by Crippen LogP contribution is -2.22. The fourth-order valence-electron chi connectivity index (χ4n) is 2.85. The minimum atomic E-state index is -2.32. The molecule has 108 valence electrons. The number of aryl methyl sites for hydroxylation is 3. The van der Waals surface area contributed by atoms with Gasteiger partial charge in [0.2, 0.25) is 6.43 Å². The van der Waals surface area contributed by atoms with Crippen LogP contribution in [-0.2, 0) is 19.5 Å². The highest BCUT2D eigenvalue weighted by Crippen LogP contribution is 2.23. The van der Waals surface area contributed by atoms with Gasteiger partial charge < -0.3 is 4.57 Å². The second-order valence-electron chi connectivity index (χ2n) is 5.26. The number of halogens is 2. The fourth-order valence-corrected chi connectivity index (χ4v) is 2.85. The molecule has 6 heteroatoms. The summed E-state index contributed by atoms with van der Waals surface area (Å²) in [6.07, 6.45) is 4.58. The van der Waals surface area contributed by atoms with Crippen molar-refractivity contribution in [2.24, 2.45) is 0 Å². The molecule has 3 heterocycles. The molecule has 0 aromatic carbocycles. The Labute approximate surface area is 115 Å². The first-order valence-corrected chi connectivity index (χ1v) is 7.03. The van der Waals surface area contributed by atoms with Crippen LogP contribution in [0.2, 0.25) is 0 Å². The minimum absolute atomic E-state index is 0.168. The van der Waals surface area contributed by atoms with Gasteiger partial charge in [0.05, 0.1) is 11.6 Å². The van der Waals surface area contributed by atoms with Crippen LogP contribution in [0.15, 0.2) is 17.2 Å². The third kappa shape index (κ3) is 2.34. The third-order valence-corrected chi connectivity index (χ3v) is 3.88. The van der Waals surface area contributed by atoms with Crippen molar-refractivity contribution in [1.29, 1.82) is 0 Å². The number of rotatable bonds is 4. The normalized spacial score (nSPS) is 14.9. The zero-order chi connectivity index (χ0) is 14.1. The van der Waals surface area contributed by atoms with Crippen molar-refractivity contribution in [3.8, 4) is 0 Å². The summed E-state index contributed by atoms with van der Waals surface area (Å²) < 4.78 is 27.7. The van der Waals surface area contributed by atoms with Crippen LogP contribution < -0.4 is 5.56 Å². The molecule has 0 atom stereocenters. The molecule has 0 unspecified atom stereocenters. The summed E-state index contributed by atoms with van der Waals surface area (Å²) in [7, 11) is 0. The topological polar surface area (TPSA) is 39.8 Å². The average molecular weight is 281 g/mol. The first kappa shape index (κ1) is 13.3. The monoisotopic (exact) mass is 281 g/mol. The van der Waals surface area contributed by atoms with Crippen LogP contribution in [0, 0.1) is 0 Å². The van der Waals surface area contributed by atoms with Gasteiger partial charge in [0.25, 0.3) is 5.56 Å². The molecule has 20 heavy (non-hydrogen) atoms. The Balaban J connectivity index is 1.93. The zero-order valence-corrected chi connectivity index (χ0v) is 11.2. The summed E-state index contributed by atoms with van der Waals surface area (Å²) in [5.41, 5.74) is 1.01. The van der Waals surface area contributed by atoms with E-state index >= 15 is 0 Å². The Morgan fingerprint density at radius 3 is 2.95 bits per heavy atom. The molecule has 4 nitrogen and oxygen atoms in total. The predicted octanol–water partition coefficient (Wildman–Crippen LogP) is 2.58. The molecule has 1 aliphatic heterocycles. The second-order valence-corrected chi connectivity index (χ2v) is 5.26. The molecule has 0 amide bonds. The van der Waals surface area contributed by atoms with E-state index in [-0.39, 0.29) is 24.9 Å². The highest BCUT2D eigenvalue weighted by molar-refractivity contribution is 5.84. The SMILES string of the molecule is O=c1c2cn3c(c2cnn1CCCC(F)F)CCCC3. The number of aromatic nitrogens is 3. The van der Waals surface area contributed by atoms with E-state index in [2.05, 4.69) is 9.67 Å². The average Bonchev–Trinajstić information content (AvgIpc) is 2.81. The summed E-state index contributed by atoms with van der Waals surface area (Å²) >= 11 is 0. The van der Waals surface area contributed by atoms with Crippen molar-refractivity contribution < 1.29 is 8.78 Å². The van der Waals surface area contributed by atoms with Crippen molar-refractivity contribution in [1.82, 2.24) is 14.3 Å². The lowest BCUT2D eigenvalue weighted by molar-refractivity contribution is 0.132. The Morgan fingerprint density at radius 2 is 2.15 bits per heavy atom. The van der Waals surface area contributed by atoms with E-state index in [1.807, 2.05) is 6.20 Å². The molecular weight excluding hydrogens is 264 g/mol. The van der Waals surface area contributed by atoms with E-state index in [0.717, 1.165) is 31.2 Å². The van der Waals surface area contributed by atoms with Gasteiger partial charge >= 0.3 is 0 Å². The standard InChI is InChI=1S/C14H17F2N3O/c15-13(16)5-3-7-19-14(20)11-9-18-6-2-1-4-12(18)10(11)8-17-19/h8-9,13H,1-7H2. The van der Waals surface area contributed by atoms with Gasteiger partial charge in [-0.3, -0.25) is 4.79 Å². The third-order valence-electron chi connectivity index (χ3n) is 3.88. The van der Waals surface area contributed by atoms with Gasteiger partial charge in [-0.25, -0.2) is 13.5 Å². The molecular formula is C14H17F2N3O. The molecule has 0 spiro atoms. The Morgan fingerprint density at radius 1 is 1.30 bits per heavy atom. The Bertz CT molecular complexity index is 675. The Kier molecular flexibility index (Phi) is 3.54. The fraction of sp³-hybridized carbons (Fsp3) is 0.571. The molecule has 3 rings (SSSR count). The van der Waals surface area contributed by atoms with Crippen LogP contribution in [0.25, 0.3) is 10.8 Å². The highest BCUT2D eigenvalue weighted by Gasteiger charge is 2.16. The summed E-state index contributed by atoms with van der Waals surface area (Å²) in [4.78, 5) is 12.3. The lowest BCUT2D eigenvalue weighted by Gasteiger charge is -2.14. The first-order valence-electron chi connectivity index (χ1n) is 7.03. The number of nitrogens with zero attached hydrogens (tertiary/aromatic N) is 3. The van der Waals surface area contributed by atoms with Gasteiger partial charge in [-0.2, -0.15) is 5.10 Å². The zero-order valence-electron chi connectivity index (χ0n) is 11.2. The molecule has 2 aromatic rings. The maximum Gasteiger partial charge on any atom is 0.276 e. The van der Waals surface area contributed by atoms with Gasteiger partial charge in [0.1, 0.15) is 0 Å². The summed E-state index contributed by atoms with van der Waals surface area (Å²) in [5.74, 6) is 0. The van der Waals surface area contributed by atoms with Crippen molar-refractivity contribution in [3.05, 3.63) is 28.4 Å². The number of fused-ring (bicyclic) bond motifs is 3. The van der Waals surface area contributed by atoms with Gasteiger partial charge in [-0.15, -0.1) is 0 Å². The minimum Gasteiger partial charge on any atom is -0.350 e. The quantitative estimate of drug-likeness (QED) is 0.864. The van der Waals surface area contributed by atoms with Crippen LogP contribution in [0.3, 0.4) is 0 Å². The van der Waals surface area contributed by atoms with Gasteiger partial charge in [-0.1, -0.05) is 0 Å². The molecule has 0 radical (unpaired) electrons. The molecule has 0 saturated carbocycles. The molecule has 0 fully saturated rings. The van der Waals surface area contributed by atoms with Crippen LogP contribution in [0.1, 0.15) is 31.4 Å². The van der Waals surface area contributed by atoms with E-state index in [9.17, 15) is 13.6 Å². The van der Waals surface area contributed by atoms with Crippen molar-refractivity contribution in [2.75, 3.05) is 0 Å². The molecule has 2 aromatic heterocycles. The maximum atomic E-state index is 12.3. The molecule has 0 aliphatic carbocycles.